The van der Waals surface area contributed by atoms with Gasteiger partial charge in [0.15, 0.2) is 0 Å². The molecule has 4 aromatic rings. The molecule has 2 aromatic heterocycles. The molecule has 0 spiro atoms. The number of para-hydroxylation sites is 1. The first-order valence-corrected chi connectivity index (χ1v) is 10.2. The molecule has 1 aliphatic rings. The second-order valence-corrected chi connectivity index (χ2v) is 7.92. The molecule has 3 heterocycles. The molecule has 0 radical (unpaired) electrons. The van der Waals surface area contributed by atoms with Crippen LogP contribution in [0.3, 0.4) is 0 Å². The summed E-state index contributed by atoms with van der Waals surface area (Å²) in [7, 11) is 1.71. The van der Waals surface area contributed by atoms with Gasteiger partial charge in [0.1, 0.15) is 0 Å². The molecule has 0 saturated carbocycles. The first kappa shape index (κ1) is 19.3. The number of aryl methyl sites for hydroxylation is 1. The minimum atomic E-state index is -0.569. The summed E-state index contributed by atoms with van der Waals surface area (Å²) in [6.07, 6.45) is 0.0628. The van der Waals surface area contributed by atoms with Crippen molar-refractivity contribution in [2.45, 2.75) is 12.5 Å². The van der Waals surface area contributed by atoms with Gasteiger partial charge in [-0.3, -0.25) is 9.78 Å². The quantitative estimate of drug-likeness (QED) is 0.549. The van der Waals surface area contributed by atoms with Crippen molar-refractivity contribution in [2.24, 2.45) is 13.0 Å². The molecular formula is C23H22N6O2. The van der Waals surface area contributed by atoms with Crippen LogP contribution in [-0.4, -0.2) is 60.3 Å². The lowest BCUT2D eigenvalue weighted by Gasteiger charge is -2.16. The Balaban J connectivity index is 1.27. The van der Waals surface area contributed by atoms with Crippen LogP contribution in [0, 0.1) is 5.92 Å². The van der Waals surface area contributed by atoms with E-state index in [9.17, 15) is 9.90 Å². The molecule has 1 saturated heterocycles. The fourth-order valence-corrected chi connectivity index (χ4v) is 4.06. The number of β-amino-alcohol motifs (C(OH)–C–C–N with tert-alkyl or cyclic N) is 1. The summed E-state index contributed by atoms with van der Waals surface area (Å²) in [6.45, 7) is 0.826. The van der Waals surface area contributed by atoms with Gasteiger partial charge in [-0.1, -0.05) is 36.4 Å². The van der Waals surface area contributed by atoms with Crippen LogP contribution >= 0.6 is 0 Å². The topological polar surface area (TPSA) is 97.0 Å². The molecule has 1 fully saturated rings. The van der Waals surface area contributed by atoms with Crippen LogP contribution in [0.5, 0.6) is 0 Å². The fourth-order valence-electron chi connectivity index (χ4n) is 4.06. The van der Waals surface area contributed by atoms with Crippen LogP contribution in [0.1, 0.15) is 16.1 Å². The van der Waals surface area contributed by atoms with E-state index in [1.165, 1.54) is 4.80 Å². The second kappa shape index (κ2) is 7.88. The molecule has 2 aromatic carbocycles. The summed E-state index contributed by atoms with van der Waals surface area (Å²) < 4.78 is 0. The highest BCUT2D eigenvalue weighted by Crippen LogP contribution is 2.24. The van der Waals surface area contributed by atoms with Crippen LogP contribution in [0.25, 0.3) is 22.3 Å². The number of aliphatic hydroxyl groups excluding tert-OH is 1. The van der Waals surface area contributed by atoms with Gasteiger partial charge < -0.3 is 10.0 Å². The average Bonchev–Trinajstić information content (AvgIpc) is 3.39. The van der Waals surface area contributed by atoms with Crippen LogP contribution in [0.2, 0.25) is 0 Å². The Hall–Kier alpha value is -3.65. The molecule has 8 nitrogen and oxygen atoms in total. The lowest BCUT2D eigenvalue weighted by atomic mass is 9.99. The summed E-state index contributed by atoms with van der Waals surface area (Å²) in [6, 6.07) is 19.2. The van der Waals surface area contributed by atoms with E-state index in [2.05, 4.69) is 21.5 Å². The highest BCUT2D eigenvalue weighted by molar-refractivity contribution is 5.94. The van der Waals surface area contributed by atoms with Gasteiger partial charge in [-0.05, 0) is 35.9 Å². The minimum Gasteiger partial charge on any atom is -0.391 e. The first-order chi connectivity index (χ1) is 15.1. The smallest absolute Gasteiger partial charge is 0.253 e. The second-order valence-electron chi connectivity index (χ2n) is 7.92. The van der Waals surface area contributed by atoms with Gasteiger partial charge in [0.2, 0.25) is 5.82 Å². The van der Waals surface area contributed by atoms with Gasteiger partial charge in [-0.25, -0.2) is 0 Å². The lowest BCUT2D eigenvalue weighted by molar-refractivity contribution is 0.0764. The molecule has 156 valence electrons. The normalized spacial score (nSPS) is 18.6. The van der Waals surface area contributed by atoms with E-state index in [-0.39, 0.29) is 11.8 Å². The molecule has 2 atom stereocenters. The maximum absolute atomic E-state index is 13.0. The molecule has 1 aliphatic heterocycles. The highest BCUT2D eigenvalue weighted by Gasteiger charge is 2.34. The number of nitrogens with zero attached hydrogens (tertiary/aromatic N) is 6. The van der Waals surface area contributed by atoms with E-state index in [1.807, 2.05) is 42.5 Å². The van der Waals surface area contributed by atoms with Crippen molar-refractivity contribution >= 4 is 16.8 Å². The number of benzene rings is 2. The number of fused-ring (bicyclic) bond motifs is 1. The van der Waals surface area contributed by atoms with Crippen LogP contribution in [0.4, 0.5) is 0 Å². The van der Waals surface area contributed by atoms with Crippen LogP contribution < -0.4 is 0 Å². The molecule has 1 N–H and O–H groups in total. The Morgan fingerprint density at radius 3 is 2.65 bits per heavy atom. The van der Waals surface area contributed by atoms with Crippen molar-refractivity contribution in [3.05, 3.63) is 71.9 Å². The van der Waals surface area contributed by atoms with E-state index < -0.39 is 6.10 Å². The monoisotopic (exact) mass is 414 g/mol. The maximum Gasteiger partial charge on any atom is 0.253 e. The summed E-state index contributed by atoms with van der Waals surface area (Å²) in [5.41, 5.74) is 3.24. The number of hydrogen-bond donors (Lipinski definition) is 1. The highest BCUT2D eigenvalue weighted by atomic mass is 16.3. The zero-order valence-electron chi connectivity index (χ0n) is 17.1. The molecule has 0 aliphatic carbocycles. The van der Waals surface area contributed by atoms with Gasteiger partial charge in [-0.15, -0.1) is 10.2 Å². The molecule has 5 rings (SSSR count). The SMILES string of the molecule is Cn1nnc(-c2ccc(C(=O)N3C[C@@H](Cc4ccc5ccccc5n4)[C@H](O)C3)cc2)n1. The molecule has 0 bridgehead atoms. The summed E-state index contributed by atoms with van der Waals surface area (Å²) in [4.78, 5) is 20.8. The van der Waals surface area contributed by atoms with Gasteiger partial charge >= 0.3 is 0 Å². The predicted molar refractivity (Wildman–Crippen MR) is 115 cm³/mol. The van der Waals surface area contributed by atoms with Crippen molar-refractivity contribution in [2.75, 3.05) is 13.1 Å². The Bertz CT molecular complexity index is 1240. The van der Waals surface area contributed by atoms with Crippen molar-refractivity contribution in [3.8, 4) is 11.4 Å². The number of hydrogen-bond acceptors (Lipinski definition) is 6. The Morgan fingerprint density at radius 2 is 1.87 bits per heavy atom. The number of likely N-dealkylation sites (tertiary alicyclic amines) is 1. The first-order valence-electron chi connectivity index (χ1n) is 10.2. The summed E-state index contributed by atoms with van der Waals surface area (Å²) in [5.74, 6) is 0.383. The van der Waals surface area contributed by atoms with Crippen molar-refractivity contribution in [1.82, 2.24) is 30.1 Å². The molecule has 0 unspecified atom stereocenters. The number of aliphatic hydroxyl groups is 1. The standard InChI is InChI=1S/C23H22N6O2/c1-28-26-22(25-27-28)16-6-8-17(9-7-16)23(31)29-13-18(21(30)14-29)12-19-11-10-15-4-2-3-5-20(15)24-19/h2-11,18,21,30H,12-14H2,1H3/t18-,21-/m1/s1. The molecule has 1 amide bonds. The molecule has 8 heteroatoms. The van der Waals surface area contributed by atoms with Crippen molar-refractivity contribution in [3.63, 3.8) is 0 Å². The van der Waals surface area contributed by atoms with Gasteiger partial charge in [0, 0.05) is 41.2 Å². The van der Waals surface area contributed by atoms with E-state index in [4.69, 9.17) is 4.98 Å². The Labute approximate surface area is 179 Å². The van der Waals surface area contributed by atoms with E-state index in [0.717, 1.165) is 22.2 Å². The minimum absolute atomic E-state index is 0.0410. The number of tetrazole rings is 1. The zero-order chi connectivity index (χ0) is 21.4. The number of aromatic nitrogens is 5. The number of rotatable bonds is 4. The predicted octanol–water partition coefficient (Wildman–Crippen LogP) is 2.10. The lowest BCUT2D eigenvalue weighted by Crippen LogP contribution is -2.29. The zero-order valence-corrected chi connectivity index (χ0v) is 17.1. The van der Waals surface area contributed by atoms with Crippen LogP contribution in [-0.2, 0) is 13.5 Å². The Kier molecular flexibility index (Phi) is 4.91. The van der Waals surface area contributed by atoms with Gasteiger partial charge in [0.25, 0.3) is 5.91 Å². The van der Waals surface area contributed by atoms with E-state index in [0.29, 0.717) is 30.9 Å². The third-order valence-electron chi connectivity index (χ3n) is 5.72. The fraction of sp³-hybridized carbons (Fsp3) is 0.261. The third kappa shape index (κ3) is 3.89. The van der Waals surface area contributed by atoms with Crippen molar-refractivity contribution < 1.29 is 9.90 Å². The Morgan fingerprint density at radius 1 is 1.06 bits per heavy atom. The van der Waals surface area contributed by atoms with E-state index >= 15 is 0 Å². The largest absolute Gasteiger partial charge is 0.391 e. The molecular weight excluding hydrogens is 392 g/mol. The number of pyridine rings is 1. The molecule has 31 heavy (non-hydrogen) atoms. The van der Waals surface area contributed by atoms with Gasteiger partial charge in [0.05, 0.1) is 18.7 Å². The number of carbonyl (C=O) groups excluding carboxylic acids is 1. The maximum atomic E-state index is 13.0. The van der Waals surface area contributed by atoms with Crippen molar-refractivity contribution in [1.29, 1.82) is 0 Å². The number of amides is 1. The van der Waals surface area contributed by atoms with Crippen LogP contribution in [0.15, 0.2) is 60.7 Å². The third-order valence-corrected chi connectivity index (χ3v) is 5.72. The number of carbonyl (C=O) groups is 1. The summed E-state index contributed by atoms with van der Waals surface area (Å²) in [5, 5.41) is 23.7. The summed E-state index contributed by atoms with van der Waals surface area (Å²) >= 11 is 0. The average molecular weight is 414 g/mol. The van der Waals surface area contributed by atoms with E-state index in [1.54, 1.807) is 24.1 Å². The van der Waals surface area contributed by atoms with Gasteiger partial charge in [-0.2, -0.15) is 4.80 Å².